The molecule has 1 aromatic rings. The maximum atomic E-state index is 12.3. The predicted octanol–water partition coefficient (Wildman–Crippen LogP) is 2.21. The monoisotopic (exact) mass is 334 g/mol. The van der Waals surface area contributed by atoms with E-state index in [4.69, 9.17) is 9.47 Å². The number of rotatable bonds is 5. The highest BCUT2D eigenvalue weighted by Gasteiger charge is 2.35. The lowest BCUT2D eigenvalue weighted by Crippen LogP contribution is -2.54. The number of ether oxygens (including phenoxy) is 2. The Morgan fingerprint density at radius 2 is 2.04 bits per heavy atom. The molecule has 24 heavy (non-hydrogen) atoms. The molecule has 5 heteroatoms. The summed E-state index contributed by atoms with van der Waals surface area (Å²) in [4.78, 5) is 14.7. The summed E-state index contributed by atoms with van der Waals surface area (Å²) in [6.45, 7) is 9.65. The van der Waals surface area contributed by atoms with Crippen molar-refractivity contribution in [2.45, 2.75) is 51.5 Å². The zero-order valence-electron chi connectivity index (χ0n) is 15.2. The molecule has 0 spiro atoms. The third-order valence-corrected chi connectivity index (χ3v) is 4.45. The smallest absolute Gasteiger partial charge is 0.336 e. The van der Waals surface area contributed by atoms with Crippen LogP contribution in [0.25, 0.3) is 0 Å². The van der Waals surface area contributed by atoms with Gasteiger partial charge in [0.1, 0.15) is 0 Å². The maximum absolute atomic E-state index is 12.3. The number of nitrogens with zero attached hydrogens (tertiary/aromatic N) is 1. The average Bonchev–Trinajstić information content (AvgIpc) is 2.82. The Balaban J connectivity index is 2.09. The average molecular weight is 334 g/mol. The van der Waals surface area contributed by atoms with Gasteiger partial charge in [0, 0.05) is 12.1 Å². The number of hydrogen-bond acceptors (Lipinski definition) is 5. The summed E-state index contributed by atoms with van der Waals surface area (Å²) in [5.41, 5.74) is 1.11. The molecule has 0 bridgehead atoms. The van der Waals surface area contributed by atoms with Crippen LogP contribution in [-0.4, -0.2) is 55.3 Å². The van der Waals surface area contributed by atoms with Gasteiger partial charge >= 0.3 is 5.97 Å². The first kappa shape index (κ1) is 18.9. The van der Waals surface area contributed by atoms with Crippen molar-refractivity contribution in [1.82, 2.24) is 10.2 Å². The van der Waals surface area contributed by atoms with E-state index in [-0.39, 0.29) is 17.6 Å². The van der Waals surface area contributed by atoms with E-state index in [2.05, 4.69) is 31.0 Å². The van der Waals surface area contributed by atoms with E-state index in [0.29, 0.717) is 6.61 Å². The number of esters is 1. The summed E-state index contributed by atoms with van der Waals surface area (Å²) in [5.74, 6) is -0.320. The van der Waals surface area contributed by atoms with Crippen molar-refractivity contribution in [2.24, 2.45) is 0 Å². The van der Waals surface area contributed by atoms with E-state index in [1.54, 1.807) is 0 Å². The van der Waals surface area contributed by atoms with E-state index in [0.717, 1.165) is 31.6 Å². The largest absolute Gasteiger partial charge is 0.467 e. The van der Waals surface area contributed by atoms with E-state index in [9.17, 15) is 4.79 Å². The van der Waals surface area contributed by atoms with Crippen molar-refractivity contribution in [2.75, 3.05) is 26.7 Å². The summed E-state index contributed by atoms with van der Waals surface area (Å²) < 4.78 is 11.0. The second-order valence-electron chi connectivity index (χ2n) is 7.27. The minimum atomic E-state index is -0.613. The molecular formula is C19H30N2O3. The Morgan fingerprint density at radius 3 is 2.67 bits per heavy atom. The number of benzene rings is 1. The van der Waals surface area contributed by atoms with E-state index in [1.807, 2.05) is 30.3 Å². The minimum absolute atomic E-state index is 0.0599. The maximum Gasteiger partial charge on any atom is 0.336 e. The van der Waals surface area contributed by atoms with Crippen LogP contribution in [0, 0.1) is 0 Å². The standard InChI is InChI=1S/C19H30N2O3/c1-19(2,3)21-12-8-11-20-16(13-21)17(18(22)23-4)24-14-15-9-6-5-7-10-15/h5-7,9-10,16-17,20H,8,11-14H2,1-4H3/t16-,17+/m0/s1. The first-order valence-electron chi connectivity index (χ1n) is 8.63. The third-order valence-electron chi connectivity index (χ3n) is 4.45. The Bertz CT molecular complexity index is 513. The molecule has 2 atom stereocenters. The highest BCUT2D eigenvalue weighted by Crippen LogP contribution is 2.19. The number of nitrogens with one attached hydrogen (secondary N) is 1. The zero-order chi connectivity index (χ0) is 17.6. The summed E-state index contributed by atoms with van der Waals surface area (Å²) >= 11 is 0. The van der Waals surface area contributed by atoms with Crippen LogP contribution in [0.15, 0.2) is 30.3 Å². The molecule has 2 rings (SSSR count). The molecular weight excluding hydrogens is 304 g/mol. The molecule has 0 aliphatic carbocycles. The van der Waals surface area contributed by atoms with Crippen molar-refractivity contribution < 1.29 is 14.3 Å². The molecule has 0 saturated carbocycles. The molecule has 1 N–H and O–H groups in total. The van der Waals surface area contributed by atoms with Gasteiger partial charge in [0.2, 0.25) is 0 Å². The Kier molecular flexibility index (Phi) is 6.78. The van der Waals surface area contributed by atoms with Gasteiger partial charge in [-0.2, -0.15) is 0 Å². The van der Waals surface area contributed by atoms with Crippen molar-refractivity contribution in [3.05, 3.63) is 35.9 Å². The fourth-order valence-corrected chi connectivity index (χ4v) is 2.99. The van der Waals surface area contributed by atoms with Crippen LogP contribution in [0.2, 0.25) is 0 Å². The van der Waals surface area contributed by atoms with Crippen LogP contribution in [0.5, 0.6) is 0 Å². The fraction of sp³-hybridized carbons (Fsp3) is 0.632. The molecule has 1 heterocycles. The van der Waals surface area contributed by atoms with E-state index >= 15 is 0 Å². The molecule has 5 nitrogen and oxygen atoms in total. The van der Waals surface area contributed by atoms with Gasteiger partial charge in [-0.1, -0.05) is 30.3 Å². The molecule has 1 aliphatic heterocycles. The zero-order valence-corrected chi connectivity index (χ0v) is 15.2. The molecule has 1 fully saturated rings. The van der Waals surface area contributed by atoms with Crippen LogP contribution in [0.1, 0.15) is 32.8 Å². The molecule has 134 valence electrons. The highest BCUT2D eigenvalue weighted by atomic mass is 16.6. The lowest BCUT2D eigenvalue weighted by molar-refractivity contribution is -0.157. The van der Waals surface area contributed by atoms with Gasteiger partial charge in [-0.15, -0.1) is 0 Å². The highest BCUT2D eigenvalue weighted by molar-refractivity contribution is 5.75. The molecule has 1 saturated heterocycles. The van der Waals surface area contributed by atoms with Crippen molar-refractivity contribution >= 4 is 5.97 Å². The summed E-state index contributed by atoms with van der Waals surface area (Å²) in [6, 6.07) is 9.82. The Hall–Kier alpha value is -1.43. The third kappa shape index (κ3) is 5.30. The second kappa shape index (κ2) is 8.60. The fourth-order valence-electron chi connectivity index (χ4n) is 2.99. The predicted molar refractivity (Wildman–Crippen MR) is 94.8 cm³/mol. The van der Waals surface area contributed by atoms with Gasteiger partial charge in [-0.25, -0.2) is 4.79 Å². The molecule has 0 aromatic heterocycles. The quantitative estimate of drug-likeness (QED) is 0.837. The summed E-state index contributed by atoms with van der Waals surface area (Å²) in [6.07, 6.45) is 0.443. The van der Waals surface area contributed by atoms with Crippen molar-refractivity contribution in [1.29, 1.82) is 0 Å². The normalized spacial score (nSPS) is 21.1. The molecule has 0 radical (unpaired) electrons. The van der Waals surface area contributed by atoms with Crippen LogP contribution >= 0.6 is 0 Å². The topological polar surface area (TPSA) is 50.8 Å². The summed E-state index contributed by atoms with van der Waals surface area (Å²) in [5, 5.41) is 3.47. The first-order valence-corrected chi connectivity index (χ1v) is 8.63. The van der Waals surface area contributed by atoms with Crippen molar-refractivity contribution in [3.8, 4) is 0 Å². The van der Waals surface area contributed by atoms with Gasteiger partial charge in [0.05, 0.1) is 19.8 Å². The molecule has 0 amide bonds. The minimum Gasteiger partial charge on any atom is -0.467 e. The van der Waals surface area contributed by atoms with Gasteiger partial charge in [-0.3, -0.25) is 4.90 Å². The van der Waals surface area contributed by atoms with Crippen LogP contribution < -0.4 is 5.32 Å². The van der Waals surface area contributed by atoms with Gasteiger partial charge in [0.15, 0.2) is 6.10 Å². The number of methoxy groups -OCH3 is 1. The van der Waals surface area contributed by atoms with E-state index in [1.165, 1.54) is 7.11 Å². The number of hydrogen-bond donors (Lipinski definition) is 1. The molecule has 1 aliphatic rings. The SMILES string of the molecule is COC(=O)[C@H](OCc1ccccc1)[C@@H]1CN(C(C)(C)C)CCCN1. The van der Waals surface area contributed by atoms with Crippen LogP contribution in [0.4, 0.5) is 0 Å². The van der Waals surface area contributed by atoms with Crippen molar-refractivity contribution in [3.63, 3.8) is 0 Å². The van der Waals surface area contributed by atoms with Gasteiger partial charge < -0.3 is 14.8 Å². The molecule has 0 unspecified atom stereocenters. The summed E-state index contributed by atoms with van der Waals surface area (Å²) in [7, 11) is 1.42. The lowest BCUT2D eigenvalue weighted by atomic mass is 10.0. The lowest BCUT2D eigenvalue weighted by Gasteiger charge is -2.37. The molecule has 1 aromatic carbocycles. The second-order valence-corrected chi connectivity index (χ2v) is 7.27. The van der Waals surface area contributed by atoms with Crippen LogP contribution in [-0.2, 0) is 20.9 Å². The number of carbonyl (C=O) groups is 1. The van der Waals surface area contributed by atoms with Gasteiger partial charge in [0.25, 0.3) is 0 Å². The Labute approximate surface area is 145 Å². The Morgan fingerprint density at radius 1 is 1.33 bits per heavy atom. The van der Waals surface area contributed by atoms with Crippen LogP contribution in [0.3, 0.4) is 0 Å². The first-order chi connectivity index (χ1) is 11.4. The van der Waals surface area contributed by atoms with Gasteiger partial charge in [-0.05, 0) is 45.8 Å². The number of carbonyl (C=O) groups excluding carboxylic acids is 1. The van der Waals surface area contributed by atoms with E-state index < -0.39 is 6.10 Å².